The molecule has 2 aliphatic heterocycles. The van der Waals surface area contributed by atoms with Crippen LogP contribution in [0.15, 0.2) is 12.1 Å². The number of halogens is 3. The number of hydrogen-bond donors (Lipinski definition) is 0. The maximum Gasteiger partial charge on any atom is 0.506 e. The quantitative estimate of drug-likeness (QED) is 0.712. The van der Waals surface area contributed by atoms with Gasteiger partial charge in [-0.2, -0.15) is 0 Å². The number of rotatable bonds is 4. The average Bonchev–Trinajstić information content (AvgIpc) is 2.77. The first-order chi connectivity index (χ1) is 8.47. The van der Waals surface area contributed by atoms with Gasteiger partial charge in [0, 0.05) is 25.7 Å². The Bertz CT molecular complexity index is 305. The van der Waals surface area contributed by atoms with Crippen LogP contribution in [0.1, 0.15) is 6.42 Å². The highest BCUT2D eigenvalue weighted by Crippen LogP contribution is 2.22. The molecule has 0 aromatic carbocycles. The van der Waals surface area contributed by atoms with Crippen LogP contribution in [0.3, 0.4) is 0 Å². The van der Waals surface area contributed by atoms with Crippen LogP contribution in [0.25, 0.3) is 0 Å². The van der Waals surface area contributed by atoms with Crippen LogP contribution >= 0.6 is 0 Å². The fraction of sp³-hybridized carbons (Fsp3) is 0.818. The largest absolute Gasteiger partial charge is 0.506 e. The minimum Gasteiger partial charge on any atom is -0.445 e. The second-order valence-corrected chi connectivity index (χ2v) is 5.06. The zero-order valence-corrected chi connectivity index (χ0v) is 10.5. The van der Waals surface area contributed by atoms with Crippen LogP contribution in [-0.4, -0.2) is 68.8 Å². The first-order valence-electron chi connectivity index (χ1n) is 6.38. The summed E-state index contributed by atoms with van der Waals surface area (Å²) in [7, 11) is 0. The molecule has 0 aromatic rings. The van der Waals surface area contributed by atoms with Gasteiger partial charge < -0.3 is 22.6 Å². The van der Waals surface area contributed by atoms with E-state index in [-0.39, 0.29) is 6.54 Å². The smallest absolute Gasteiger partial charge is 0.445 e. The van der Waals surface area contributed by atoms with E-state index < -0.39 is 12.4 Å². The summed E-state index contributed by atoms with van der Waals surface area (Å²) in [4.78, 5) is 4.18. The molecule has 0 N–H and O–H groups in total. The van der Waals surface area contributed by atoms with E-state index in [0.717, 1.165) is 39.3 Å². The molecule has 104 valence electrons. The fourth-order valence-corrected chi connectivity index (χ4v) is 2.59. The molecule has 0 saturated carbocycles. The van der Waals surface area contributed by atoms with Gasteiger partial charge in [-0.15, -0.1) is 12.1 Å². The SMILES string of the molecule is C=C(CN1CCC(N2CCOCC2)C1)[B-](F)(F)F. The van der Waals surface area contributed by atoms with Crippen LogP contribution in [0.4, 0.5) is 12.9 Å². The van der Waals surface area contributed by atoms with E-state index in [2.05, 4.69) is 11.5 Å². The van der Waals surface area contributed by atoms with Crippen LogP contribution < -0.4 is 0 Å². The Morgan fingerprint density at radius 1 is 1.22 bits per heavy atom. The van der Waals surface area contributed by atoms with Gasteiger partial charge in [0.15, 0.2) is 0 Å². The molecule has 0 spiro atoms. The zero-order valence-electron chi connectivity index (χ0n) is 10.5. The number of likely N-dealkylation sites (tertiary alicyclic amines) is 1. The molecule has 0 bridgehead atoms. The van der Waals surface area contributed by atoms with E-state index in [4.69, 9.17) is 4.74 Å². The first-order valence-corrected chi connectivity index (χ1v) is 6.38. The molecule has 0 aliphatic carbocycles. The molecule has 7 heteroatoms. The summed E-state index contributed by atoms with van der Waals surface area (Å²) in [6.45, 7) is 2.91. The predicted molar refractivity (Wildman–Crippen MR) is 65.5 cm³/mol. The van der Waals surface area contributed by atoms with Gasteiger partial charge >= 0.3 is 6.98 Å². The minimum atomic E-state index is -4.89. The molecule has 0 amide bonds. The van der Waals surface area contributed by atoms with Crippen molar-refractivity contribution < 1.29 is 17.7 Å². The van der Waals surface area contributed by atoms with Crippen molar-refractivity contribution in [3.63, 3.8) is 0 Å². The van der Waals surface area contributed by atoms with Crippen molar-refractivity contribution in [1.29, 1.82) is 0 Å². The summed E-state index contributed by atoms with van der Waals surface area (Å²) >= 11 is 0. The summed E-state index contributed by atoms with van der Waals surface area (Å²) in [5.74, 6) is 0. The maximum absolute atomic E-state index is 12.5. The topological polar surface area (TPSA) is 15.7 Å². The molecule has 3 nitrogen and oxygen atoms in total. The highest BCUT2D eigenvalue weighted by Gasteiger charge is 2.32. The molecular weight excluding hydrogens is 244 g/mol. The first kappa shape index (κ1) is 13.9. The second-order valence-electron chi connectivity index (χ2n) is 5.06. The van der Waals surface area contributed by atoms with Gasteiger partial charge in [0.25, 0.3) is 0 Å². The lowest BCUT2D eigenvalue weighted by atomic mass is 9.80. The van der Waals surface area contributed by atoms with E-state index in [9.17, 15) is 12.9 Å². The summed E-state index contributed by atoms with van der Waals surface area (Å²) in [6.07, 6.45) is 0.943. The molecule has 2 rings (SSSR count). The van der Waals surface area contributed by atoms with E-state index in [0.29, 0.717) is 12.6 Å². The van der Waals surface area contributed by atoms with Crippen molar-refractivity contribution in [1.82, 2.24) is 9.80 Å². The third-order valence-electron chi connectivity index (χ3n) is 3.70. The van der Waals surface area contributed by atoms with Crippen molar-refractivity contribution in [2.75, 3.05) is 45.9 Å². The van der Waals surface area contributed by atoms with Crippen LogP contribution in [0.5, 0.6) is 0 Å². The molecule has 2 heterocycles. The van der Waals surface area contributed by atoms with Gasteiger partial charge in [-0.05, 0) is 19.5 Å². The normalized spacial score (nSPS) is 27.6. The third-order valence-corrected chi connectivity index (χ3v) is 3.70. The van der Waals surface area contributed by atoms with Crippen molar-refractivity contribution >= 4 is 6.98 Å². The van der Waals surface area contributed by atoms with Crippen molar-refractivity contribution in [3.05, 3.63) is 12.1 Å². The molecule has 18 heavy (non-hydrogen) atoms. The Balaban J connectivity index is 1.79. The molecule has 1 atom stereocenters. The Labute approximate surface area is 106 Å². The molecule has 1 unspecified atom stereocenters. The predicted octanol–water partition coefficient (Wildman–Crippen LogP) is 1.34. The van der Waals surface area contributed by atoms with Gasteiger partial charge in [-0.25, -0.2) is 0 Å². The molecule has 2 aliphatic rings. The van der Waals surface area contributed by atoms with Crippen LogP contribution in [-0.2, 0) is 4.74 Å². The number of hydrogen-bond acceptors (Lipinski definition) is 3. The van der Waals surface area contributed by atoms with Gasteiger partial charge in [0.05, 0.1) is 13.2 Å². The van der Waals surface area contributed by atoms with E-state index >= 15 is 0 Å². The minimum absolute atomic E-state index is 0.0374. The number of ether oxygens (including phenoxy) is 1. The lowest BCUT2D eigenvalue weighted by Crippen LogP contribution is -2.45. The molecule has 0 aromatic heterocycles. The Kier molecular flexibility index (Phi) is 4.35. The average molecular weight is 263 g/mol. The van der Waals surface area contributed by atoms with Gasteiger partial charge in [-0.1, -0.05) is 0 Å². The highest BCUT2D eigenvalue weighted by molar-refractivity contribution is 6.66. The second kappa shape index (κ2) is 5.63. The standard InChI is InChI=1S/C11H19BF3N2O/c1-10(12(13,14)15)8-16-3-2-11(9-16)17-4-6-18-7-5-17/h11H,1-9H2/q-1. The Hall–Kier alpha value is -0.525. The zero-order chi connectivity index (χ0) is 13.2. The molecule has 0 radical (unpaired) electrons. The van der Waals surface area contributed by atoms with Crippen LogP contribution in [0, 0.1) is 0 Å². The van der Waals surface area contributed by atoms with Crippen molar-refractivity contribution in [2.45, 2.75) is 12.5 Å². The Morgan fingerprint density at radius 3 is 2.50 bits per heavy atom. The fourth-order valence-electron chi connectivity index (χ4n) is 2.59. The third kappa shape index (κ3) is 3.49. The molecule has 2 fully saturated rings. The summed E-state index contributed by atoms with van der Waals surface area (Å²) in [6, 6.07) is 0.377. The van der Waals surface area contributed by atoms with Crippen LogP contribution in [0.2, 0.25) is 0 Å². The maximum atomic E-state index is 12.5. The van der Waals surface area contributed by atoms with Gasteiger partial charge in [0.1, 0.15) is 0 Å². The van der Waals surface area contributed by atoms with E-state index in [1.807, 2.05) is 4.90 Å². The Morgan fingerprint density at radius 2 is 1.89 bits per heavy atom. The lowest BCUT2D eigenvalue weighted by Gasteiger charge is -2.32. The van der Waals surface area contributed by atoms with Crippen molar-refractivity contribution in [3.8, 4) is 0 Å². The molecule has 2 saturated heterocycles. The van der Waals surface area contributed by atoms with Crippen molar-refractivity contribution in [2.24, 2.45) is 0 Å². The number of morpholine rings is 1. The van der Waals surface area contributed by atoms with E-state index in [1.165, 1.54) is 0 Å². The lowest BCUT2D eigenvalue weighted by molar-refractivity contribution is 0.0187. The molecular formula is C11H19BF3N2O-. The summed E-state index contributed by atoms with van der Waals surface area (Å²) in [5.41, 5.74) is -0.586. The highest BCUT2D eigenvalue weighted by atomic mass is 19.4. The summed E-state index contributed by atoms with van der Waals surface area (Å²) in [5, 5.41) is 0. The number of nitrogens with zero attached hydrogens (tertiary/aromatic N) is 2. The van der Waals surface area contributed by atoms with E-state index in [1.54, 1.807) is 0 Å². The van der Waals surface area contributed by atoms with Gasteiger partial charge in [0.2, 0.25) is 0 Å². The summed E-state index contributed by atoms with van der Waals surface area (Å²) < 4.78 is 42.7. The van der Waals surface area contributed by atoms with Gasteiger partial charge in [-0.3, -0.25) is 4.90 Å². The monoisotopic (exact) mass is 263 g/mol.